The fourth-order valence-corrected chi connectivity index (χ4v) is 3.56. The molecule has 0 bridgehead atoms. The second kappa shape index (κ2) is 5.98. The number of hydrogen-bond donors (Lipinski definition) is 1. The van der Waals surface area contributed by atoms with Crippen LogP contribution >= 0.6 is 0 Å². The molecule has 0 unspecified atom stereocenters. The van der Waals surface area contributed by atoms with E-state index < -0.39 is 0 Å². The van der Waals surface area contributed by atoms with E-state index in [1.165, 1.54) is 11.6 Å². The topological polar surface area (TPSA) is 50.4 Å². The number of benzene rings is 3. The van der Waals surface area contributed by atoms with Gasteiger partial charge in [-0.15, -0.1) is 0 Å². The Balaban J connectivity index is 2.10. The highest BCUT2D eigenvalue weighted by molar-refractivity contribution is 6.02. The molecule has 1 heterocycles. The van der Waals surface area contributed by atoms with Crippen molar-refractivity contribution in [3.8, 4) is 28.2 Å². The summed E-state index contributed by atoms with van der Waals surface area (Å²) in [6.45, 7) is 8.71. The van der Waals surface area contributed by atoms with Gasteiger partial charge in [0.2, 0.25) is 0 Å². The molecule has 0 saturated heterocycles. The van der Waals surface area contributed by atoms with E-state index in [1.54, 1.807) is 18.2 Å². The van der Waals surface area contributed by atoms with Gasteiger partial charge in [0.15, 0.2) is 5.43 Å². The first-order chi connectivity index (χ1) is 12.7. The van der Waals surface area contributed by atoms with E-state index in [0.717, 1.165) is 27.6 Å². The summed E-state index contributed by atoms with van der Waals surface area (Å²) in [5.41, 5.74) is 5.97. The minimum absolute atomic E-state index is 0.0721. The molecule has 0 fully saturated rings. The third kappa shape index (κ3) is 2.99. The van der Waals surface area contributed by atoms with Gasteiger partial charge in [-0.3, -0.25) is 4.79 Å². The Morgan fingerprint density at radius 2 is 1.63 bits per heavy atom. The first-order valence-electron chi connectivity index (χ1n) is 9.05. The van der Waals surface area contributed by atoms with Crippen LogP contribution in [0.15, 0.2) is 63.8 Å². The van der Waals surface area contributed by atoms with E-state index in [1.807, 2.05) is 12.1 Å². The zero-order valence-corrected chi connectivity index (χ0v) is 16.0. The predicted molar refractivity (Wildman–Crippen MR) is 110 cm³/mol. The molecule has 0 saturated carbocycles. The standard InChI is InChI=1S/C24H22O3/c1-14-11-15(24(2,3)4)5-8-18(14)23-19-9-6-16(25)12-21(19)27-22-13-17(26)7-10-20(22)23/h5-13,25H,1-4H3. The van der Waals surface area contributed by atoms with Crippen LogP contribution in [-0.4, -0.2) is 5.11 Å². The molecule has 3 heteroatoms. The van der Waals surface area contributed by atoms with Crippen LogP contribution in [0.3, 0.4) is 0 Å². The number of aryl methyl sites for hydroxylation is 1. The normalized spacial score (nSPS) is 12.0. The third-order valence-electron chi connectivity index (χ3n) is 5.04. The third-order valence-corrected chi connectivity index (χ3v) is 5.04. The van der Waals surface area contributed by atoms with Crippen LogP contribution in [0.25, 0.3) is 33.4 Å². The number of fused-ring (bicyclic) bond motifs is 2. The average Bonchev–Trinajstić information content (AvgIpc) is 2.59. The molecule has 1 aliphatic heterocycles. The van der Waals surface area contributed by atoms with Crippen molar-refractivity contribution in [3.63, 3.8) is 0 Å². The van der Waals surface area contributed by atoms with Crippen LogP contribution in [-0.2, 0) is 5.41 Å². The lowest BCUT2D eigenvalue weighted by molar-refractivity contribution is 0.474. The molecule has 136 valence electrons. The predicted octanol–water partition coefficient (Wildman–Crippen LogP) is 5.88. The molecule has 1 N–H and O–H groups in total. The Bertz CT molecular complexity index is 1190. The SMILES string of the molecule is Cc1cc(C(C)(C)C)ccc1-c1c2ccc(=O)cc-2oc2cc(O)ccc12. The zero-order chi connectivity index (χ0) is 19.3. The van der Waals surface area contributed by atoms with E-state index in [2.05, 4.69) is 45.9 Å². The maximum Gasteiger partial charge on any atom is 0.182 e. The van der Waals surface area contributed by atoms with Crippen LogP contribution in [0.4, 0.5) is 0 Å². The Morgan fingerprint density at radius 1 is 0.889 bits per heavy atom. The van der Waals surface area contributed by atoms with Gasteiger partial charge >= 0.3 is 0 Å². The number of phenolic OH excluding ortho intramolecular Hbond substituents is 1. The summed E-state index contributed by atoms with van der Waals surface area (Å²) in [6, 6.07) is 16.5. The second-order valence-electron chi connectivity index (χ2n) is 8.10. The van der Waals surface area contributed by atoms with E-state index in [-0.39, 0.29) is 16.6 Å². The molecule has 4 rings (SSSR count). The van der Waals surface area contributed by atoms with Gasteiger partial charge in [-0.1, -0.05) is 39.0 Å². The highest BCUT2D eigenvalue weighted by atomic mass is 16.3. The molecule has 0 atom stereocenters. The van der Waals surface area contributed by atoms with Gasteiger partial charge in [-0.05, 0) is 53.3 Å². The summed E-state index contributed by atoms with van der Waals surface area (Å²) >= 11 is 0. The molecule has 2 aliphatic rings. The van der Waals surface area contributed by atoms with Gasteiger partial charge < -0.3 is 9.52 Å². The summed E-state index contributed by atoms with van der Waals surface area (Å²) in [4.78, 5) is 11.8. The lowest BCUT2D eigenvalue weighted by atomic mass is 9.83. The molecular weight excluding hydrogens is 336 g/mol. The highest BCUT2D eigenvalue weighted by Crippen LogP contribution is 2.42. The van der Waals surface area contributed by atoms with Crippen molar-refractivity contribution in [1.82, 2.24) is 0 Å². The highest BCUT2D eigenvalue weighted by Gasteiger charge is 2.20. The first-order valence-corrected chi connectivity index (χ1v) is 9.05. The molecule has 0 amide bonds. The molecule has 27 heavy (non-hydrogen) atoms. The van der Waals surface area contributed by atoms with Crippen molar-refractivity contribution in [3.05, 3.63) is 75.9 Å². The second-order valence-corrected chi connectivity index (χ2v) is 8.10. The fourth-order valence-electron chi connectivity index (χ4n) is 3.56. The van der Waals surface area contributed by atoms with Crippen LogP contribution in [0.2, 0.25) is 0 Å². The monoisotopic (exact) mass is 358 g/mol. The Kier molecular flexibility index (Phi) is 3.84. The van der Waals surface area contributed by atoms with Gasteiger partial charge in [0, 0.05) is 28.6 Å². The van der Waals surface area contributed by atoms with Gasteiger partial charge in [0.25, 0.3) is 0 Å². The van der Waals surface area contributed by atoms with Crippen molar-refractivity contribution >= 4 is 11.0 Å². The Hall–Kier alpha value is -3.07. The summed E-state index contributed by atoms with van der Waals surface area (Å²) < 4.78 is 5.93. The van der Waals surface area contributed by atoms with Crippen molar-refractivity contribution < 1.29 is 9.52 Å². The number of hydrogen-bond acceptors (Lipinski definition) is 3. The van der Waals surface area contributed by atoms with Gasteiger partial charge in [0.05, 0.1) is 0 Å². The van der Waals surface area contributed by atoms with Gasteiger partial charge in [-0.25, -0.2) is 0 Å². The lowest BCUT2D eigenvalue weighted by Gasteiger charge is -2.22. The van der Waals surface area contributed by atoms with Gasteiger partial charge in [-0.2, -0.15) is 0 Å². The molecule has 3 nitrogen and oxygen atoms in total. The van der Waals surface area contributed by atoms with Crippen LogP contribution < -0.4 is 5.43 Å². The molecule has 0 spiro atoms. The van der Waals surface area contributed by atoms with Crippen molar-refractivity contribution in [2.24, 2.45) is 0 Å². The van der Waals surface area contributed by atoms with Crippen molar-refractivity contribution in [2.45, 2.75) is 33.1 Å². The van der Waals surface area contributed by atoms with Crippen molar-refractivity contribution in [2.75, 3.05) is 0 Å². The molecule has 2 aromatic rings. The summed E-state index contributed by atoms with van der Waals surface area (Å²) in [5, 5.41) is 10.8. The first kappa shape index (κ1) is 17.3. The quantitative estimate of drug-likeness (QED) is 0.433. The van der Waals surface area contributed by atoms with Crippen LogP contribution in [0.5, 0.6) is 5.75 Å². The van der Waals surface area contributed by atoms with E-state index in [9.17, 15) is 9.90 Å². The fraction of sp³-hybridized carbons (Fsp3) is 0.208. The summed E-state index contributed by atoms with van der Waals surface area (Å²) in [5.74, 6) is 0.657. The van der Waals surface area contributed by atoms with Crippen molar-refractivity contribution in [1.29, 1.82) is 0 Å². The molecular formula is C24H22O3. The molecule has 0 aromatic heterocycles. The minimum atomic E-state index is -0.100. The number of rotatable bonds is 1. The molecule has 0 radical (unpaired) electrons. The molecule has 2 aromatic carbocycles. The average molecular weight is 358 g/mol. The summed E-state index contributed by atoms with van der Waals surface area (Å²) in [7, 11) is 0. The summed E-state index contributed by atoms with van der Waals surface area (Å²) in [6.07, 6.45) is 0. The van der Waals surface area contributed by atoms with E-state index in [0.29, 0.717) is 11.3 Å². The maximum absolute atomic E-state index is 11.8. The maximum atomic E-state index is 11.8. The smallest absolute Gasteiger partial charge is 0.182 e. The van der Waals surface area contributed by atoms with E-state index in [4.69, 9.17) is 4.42 Å². The van der Waals surface area contributed by atoms with Gasteiger partial charge in [0.1, 0.15) is 17.1 Å². The Morgan fingerprint density at radius 3 is 2.33 bits per heavy atom. The zero-order valence-electron chi connectivity index (χ0n) is 16.0. The van der Waals surface area contributed by atoms with E-state index >= 15 is 0 Å². The Labute approximate surface area is 158 Å². The minimum Gasteiger partial charge on any atom is -0.508 e. The number of phenols is 1. The van der Waals surface area contributed by atoms with Crippen LogP contribution in [0.1, 0.15) is 31.9 Å². The largest absolute Gasteiger partial charge is 0.508 e. The molecule has 1 aliphatic carbocycles. The van der Waals surface area contributed by atoms with Crippen LogP contribution in [0, 0.1) is 6.92 Å². The lowest BCUT2D eigenvalue weighted by Crippen LogP contribution is -2.11. The number of aromatic hydroxyl groups is 1.